The van der Waals surface area contributed by atoms with E-state index in [1.807, 2.05) is 13.0 Å². The zero-order valence-electron chi connectivity index (χ0n) is 11.7. The molecule has 2 fully saturated rings. The Kier molecular flexibility index (Phi) is 3.82. The third-order valence-electron chi connectivity index (χ3n) is 4.50. The number of rotatable bonds is 2. The van der Waals surface area contributed by atoms with Gasteiger partial charge in [0.25, 0.3) is 5.91 Å². The number of amides is 1. The molecule has 3 unspecified atom stereocenters. The summed E-state index contributed by atoms with van der Waals surface area (Å²) in [5, 5.41) is 3.22. The van der Waals surface area contributed by atoms with Gasteiger partial charge in [0.15, 0.2) is 0 Å². The molecule has 0 spiro atoms. The molecule has 0 saturated heterocycles. The second kappa shape index (κ2) is 5.59. The van der Waals surface area contributed by atoms with Crippen LogP contribution >= 0.6 is 11.3 Å². The van der Waals surface area contributed by atoms with Gasteiger partial charge in [-0.05, 0) is 49.7 Å². The minimum absolute atomic E-state index is 0.0662. The van der Waals surface area contributed by atoms with Gasteiger partial charge >= 0.3 is 0 Å². The van der Waals surface area contributed by atoms with Crippen molar-refractivity contribution < 1.29 is 4.79 Å². The minimum Gasteiger partial charge on any atom is -0.348 e. The lowest BCUT2D eigenvalue weighted by Gasteiger charge is -2.22. The Hall–Kier alpha value is -1.31. The number of thiophene rings is 1. The van der Waals surface area contributed by atoms with Crippen molar-refractivity contribution in [1.29, 1.82) is 0 Å². The van der Waals surface area contributed by atoms with Crippen molar-refractivity contribution in [2.24, 2.45) is 17.6 Å². The van der Waals surface area contributed by atoms with Crippen molar-refractivity contribution in [3.05, 3.63) is 21.4 Å². The summed E-state index contributed by atoms with van der Waals surface area (Å²) in [7, 11) is 0. The Balaban J connectivity index is 1.68. The molecule has 3 atom stereocenters. The highest BCUT2D eigenvalue weighted by Crippen LogP contribution is 2.44. The lowest BCUT2D eigenvalue weighted by atomic mass is 9.95. The third kappa shape index (κ3) is 2.61. The molecule has 3 N–H and O–H groups in total. The summed E-state index contributed by atoms with van der Waals surface area (Å²) < 4.78 is 0. The number of hydrogen-bond acceptors (Lipinski definition) is 3. The van der Waals surface area contributed by atoms with Gasteiger partial charge < -0.3 is 11.1 Å². The number of fused-ring (bicyclic) bond motifs is 2. The maximum atomic E-state index is 12.3. The number of hydrogen-bond donors (Lipinski definition) is 2. The van der Waals surface area contributed by atoms with Crippen LogP contribution in [0.15, 0.2) is 6.07 Å². The van der Waals surface area contributed by atoms with Crippen LogP contribution in [0.3, 0.4) is 0 Å². The summed E-state index contributed by atoms with van der Waals surface area (Å²) >= 11 is 1.47. The average Bonchev–Trinajstić information content (AvgIpc) is 3.12. The van der Waals surface area contributed by atoms with Crippen LogP contribution < -0.4 is 11.1 Å². The maximum absolute atomic E-state index is 12.3. The highest BCUT2D eigenvalue weighted by molar-refractivity contribution is 7.14. The number of aryl methyl sites for hydroxylation is 1. The first kappa shape index (κ1) is 13.7. The Bertz CT molecular complexity index is 581. The fraction of sp³-hybridized carbons (Fsp3) is 0.562. The SMILES string of the molecule is Cc1cc(C(=O)NC2CC3CCC2C3)sc1C#CCN. The highest BCUT2D eigenvalue weighted by Gasteiger charge is 2.40. The van der Waals surface area contributed by atoms with E-state index < -0.39 is 0 Å². The van der Waals surface area contributed by atoms with Crippen LogP contribution in [0.4, 0.5) is 0 Å². The van der Waals surface area contributed by atoms with Crippen molar-refractivity contribution in [1.82, 2.24) is 5.32 Å². The number of carbonyl (C=O) groups is 1. The topological polar surface area (TPSA) is 55.1 Å². The molecule has 1 aromatic heterocycles. The quantitative estimate of drug-likeness (QED) is 0.820. The molecular weight excluding hydrogens is 268 g/mol. The molecule has 1 aromatic rings. The summed E-state index contributed by atoms with van der Waals surface area (Å²) in [6.07, 6.45) is 5.11. The van der Waals surface area contributed by atoms with E-state index in [1.165, 1.54) is 37.0 Å². The molecule has 20 heavy (non-hydrogen) atoms. The van der Waals surface area contributed by atoms with Crippen LogP contribution in [0.25, 0.3) is 0 Å². The number of nitrogens with two attached hydrogens (primary N) is 1. The van der Waals surface area contributed by atoms with E-state index in [0.29, 0.717) is 18.5 Å². The van der Waals surface area contributed by atoms with E-state index in [2.05, 4.69) is 17.2 Å². The Morgan fingerprint density at radius 1 is 1.50 bits per heavy atom. The zero-order valence-corrected chi connectivity index (χ0v) is 12.6. The van der Waals surface area contributed by atoms with E-state index in [9.17, 15) is 4.79 Å². The smallest absolute Gasteiger partial charge is 0.261 e. The molecule has 2 aliphatic rings. The molecule has 0 aliphatic heterocycles. The average molecular weight is 288 g/mol. The summed E-state index contributed by atoms with van der Waals surface area (Å²) in [5.41, 5.74) is 6.45. The third-order valence-corrected chi connectivity index (χ3v) is 5.65. The lowest BCUT2D eigenvalue weighted by Crippen LogP contribution is -2.38. The number of nitrogens with one attached hydrogen (secondary N) is 1. The summed E-state index contributed by atoms with van der Waals surface area (Å²) in [5.74, 6) is 7.51. The first-order valence-corrected chi connectivity index (χ1v) is 8.09. The monoisotopic (exact) mass is 288 g/mol. The van der Waals surface area contributed by atoms with Gasteiger partial charge in [0.2, 0.25) is 0 Å². The molecule has 2 bridgehead atoms. The molecule has 1 heterocycles. The van der Waals surface area contributed by atoms with Gasteiger partial charge in [-0.3, -0.25) is 4.79 Å². The van der Waals surface area contributed by atoms with Gasteiger partial charge in [0.05, 0.1) is 16.3 Å². The molecule has 3 rings (SSSR count). The predicted octanol–water partition coefficient (Wildman–Crippen LogP) is 2.29. The first-order valence-electron chi connectivity index (χ1n) is 7.27. The van der Waals surface area contributed by atoms with E-state index in [0.717, 1.165) is 21.2 Å². The van der Waals surface area contributed by atoms with Crippen LogP contribution in [0, 0.1) is 30.6 Å². The van der Waals surface area contributed by atoms with Crippen LogP contribution in [0.2, 0.25) is 0 Å². The Morgan fingerprint density at radius 2 is 2.35 bits per heavy atom. The summed E-state index contributed by atoms with van der Waals surface area (Å²) in [6.45, 7) is 2.34. The van der Waals surface area contributed by atoms with Crippen molar-refractivity contribution in [2.75, 3.05) is 6.54 Å². The maximum Gasteiger partial charge on any atom is 0.261 e. The lowest BCUT2D eigenvalue weighted by molar-refractivity contribution is 0.0927. The number of carbonyl (C=O) groups excluding carboxylic acids is 1. The Morgan fingerprint density at radius 3 is 3.00 bits per heavy atom. The van der Waals surface area contributed by atoms with Gasteiger partial charge in [-0.25, -0.2) is 0 Å². The van der Waals surface area contributed by atoms with E-state index in [-0.39, 0.29) is 5.91 Å². The van der Waals surface area contributed by atoms with E-state index in [1.54, 1.807) is 0 Å². The molecule has 2 saturated carbocycles. The fourth-order valence-corrected chi connectivity index (χ4v) is 4.46. The zero-order chi connectivity index (χ0) is 14.1. The van der Waals surface area contributed by atoms with Gasteiger partial charge in [-0.15, -0.1) is 11.3 Å². The summed E-state index contributed by atoms with van der Waals surface area (Å²) in [4.78, 5) is 14.1. The van der Waals surface area contributed by atoms with E-state index >= 15 is 0 Å². The normalized spacial score (nSPS) is 27.2. The molecule has 0 radical (unpaired) electrons. The van der Waals surface area contributed by atoms with Crippen molar-refractivity contribution in [2.45, 2.75) is 38.6 Å². The van der Waals surface area contributed by atoms with Crippen molar-refractivity contribution in [3.63, 3.8) is 0 Å². The van der Waals surface area contributed by atoms with Crippen LogP contribution in [-0.4, -0.2) is 18.5 Å². The van der Waals surface area contributed by atoms with Gasteiger partial charge in [-0.1, -0.05) is 18.3 Å². The van der Waals surface area contributed by atoms with Crippen LogP contribution in [0.5, 0.6) is 0 Å². The molecule has 1 amide bonds. The molecule has 3 nitrogen and oxygen atoms in total. The second-order valence-electron chi connectivity index (χ2n) is 5.88. The minimum atomic E-state index is 0.0662. The van der Waals surface area contributed by atoms with Gasteiger partial charge in [0.1, 0.15) is 0 Å². The highest BCUT2D eigenvalue weighted by atomic mass is 32.1. The molecule has 0 aromatic carbocycles. The largest absolute Gasteiger partial charge is 0.348 e. The Labute approximate surface area is 123 Å². The first-order chi connectivity index (χ1) is 9.67. The molecule has 2 aliphatic carbocycles. The van der Waals surface area contributed by atoms with Crippen molar-refractivity contribution >= 4 is 17.2 Å². The van der Waals surface area contributed by atoms with Gasteiger partial charge in [0, 0.05) is 6.04 Å². The molecular formula is C16H20N2OS. The fourth-order valence-electron chi connectivity index (χ4n) is 3.51. The second-order valence-corrected chi connectivity index (χ2v) is 6.94. The molecule has 4 heteroatoms. The van der Waals surface area contributed by atoms with Gasteiger partial charge in [-0.2, -0.15) is 0 Å². The summed E-state index contributed by atoms with van der Waals surface area (Å²) in [6, 6.07) is 2.33. The van der Waals surface area contributed by atoms with Crippen molar-refractivity contribution in [3.8, 4) is 11.8 Å². The van der Waals surface area contributed by atoms with Crippen LogP contribution in [0.1, 0.15) is 45.8 Å². The standard InChI is InChI=1S/C16H20N2OS/c1-10-7-15(20-14(10)3-2-6-17)16(19)18-13-9-11-4-5-12(13)8-11/h7,11-13H,4-6,8-9,17H2,1H3,(H,18,19). The van der Waals surface area contributed by atoms with Crippen LogP contribution in [-0.2, 0) is 0 Å². The molecule has 106 valence electrons. The predicted molar refractivity (Wildman–Crippen MR) is 81.7 cm³/mol. The van der Waals surface area contributed by atoms with E-state index in [4.69, 9.17) is 5.73 Å².